The highest BCUT2D eigenvalue weighted by molar-refractivity contribution is 9.11. The van der Waals surface area contributed by atoms with Crippen LogP contribution in [0.3, 0.4) is 0 Å². The molecule has 0 unspecified atom stereocenters. The lowest BCUT2D eigenvalue weighted by Crippen LogP contribution is -2.52. The SMILES string of the molecule is CC(=O)N(C)[C@@H]1[C@@H]2CC[C@H]1CN(c1nnc(Br)s1)C2. The van der Waals surface area contributed by atoms with Crippen LogP contribution in [0, 0.1) is 11.8 Å². The molecule has 3 rings (SSSR count). The van der Waals surface area contributed by atoms with E-state index >= 15 is 0 Å². The highest BCUT2D eigenvalue weighted by Gasteiger charge is 2.45. The number of piperidine rings is 1. The summed E-state index contributed by atoms with van der Waals surface area (Å²) in [4.78, 5) is 15.9. The summed E-state index contributed by atoms with van der Waals surface area (Å²) in [6.07, 6.45) is 2.42. The van der Waals surface area contributed by atoms with E-state index in [4.69, 9.17) is 0 Å². The summed E-state index contributed by atoms with van der Waals surface area (Å²) in [5, 5.41) is 9.23. The molecule has 1 aliphatic carbocycles. The van der Waals surface area contributed by atoms with Gasteiger partial charge in [-0.15, -0.1) is 10.2 Å². The van der Waals surface area contributed by atoms with Crippen molar-refractivity contribution in [2.24, 2.45) is 11.8 Å². The van der Waals surface area contributed by atoms with Crippen molar-refractivity contribution in [1.82, 2.24) is 15.1 Å². The van der Waals surface area contributed by atoms with Gasteiger partial charge in [0.05, 0.1) is 0 Å². The first-order valence-electron chi connectivity index (χ1n) is 6.53. The number of carbonyl (C=O) groups excluding carboxylic acids is 1. The molecule has 1 aromatic rings. The van der Waals surface area contributed by atoms with E-state index in [0.717, 1.165) is 22.1 Å². The van der Waals surface area contributed by atoms with E-state index in [-0.39, 0.29) is 5.91 Å². The van der Waals surface area contributed by atoms with E-state index in [2.05, 4.69) is 31.0 Å². The number of aromatic nitrogens is 2. The van der Waals surface area contributed by atoms with Gasteiger partial charge in [-0.3, -0.25) is 4.79 Å². The van der Waals surface area contributed by atoms with E-state index in [1.54, 1.807) is 18.3 Å². The zero-order valence-electron chi connectivity index (χ0n) is 11.0. The fourth-order valence-corrected chi connectivity index (χ4v) is 4.62. The van der Waals surface area contributed by atoms with Gasteiger partial charge in [0.2, 0.25) is 11.0 Å². The van der Waals surface area contributed by atoms with E-state index in [1.165, 1.54) is 12.8 Å². The van der Waals surface area contributed by atoms with Gasteiger partial charge >= 0.3 is 0 Å². The van der Waals surface area contributed by atoms with Crippen molar-refractivity contribution in [2.75, 3.05) is 25.0 Å². The van der Waals surface area contributed by atoms with Crippen LogP contribution in [0.5, 0.6) is 0 Å². The Hall–Kier alpha value is -0.690. The predicted molar refractivity (Wildman–Crippen MR) is 78.3 cm³/mol. The van der Waals surface area contributed by atoms with E-state index < -0.39 is 0 Å². The lowest BCUT2D eigenvalue weighted by molar-refractivity contribution is -0.131. The minimum Gasteiger partial charge on any atom is -0.346 e. The zero-order chi connectivity index (χ0) is 13.6. The number of carbonyl (C=O) groups is 1. The average molecular weight is 345 g/mol. The number of rotatable bonds is 2. The molecule has 2 aliphatic rings. The smallest absolute Gasteiger partial charge is 0.219 e. The number of fused-ring (bicyclic) bond motifs is 2. The largest absolute Gasteiger partial charge is 0.346 e. The lowest BCUT2D eigenvalue weighted by atomic mass is 9.91. The van der Waals surface area contributed by atoms with Crippen LogP contribution >= 0.6 is 27.3 Å². The van der Waals surface area contributed by atoms with Crippen molar-refractivity contribution in [2.45, 2.75) is 25.8 Å². The van der Waals surface area contributed by atoms with Crippen molar-refractivity contribution >= 4 is 38.3 Å². The molecule has 2 heterocycles. The molecule has 0 radical (unpaired) electrons. The molecule has 2 fully saturated rings. The monoisotopic (exact) mass is 344 g/mol. The summed E-state index contributed by atoms with van der Waals surface area (Å²) < 4.78 is 0.831. The summed E-state index contributed by atoms with van der Waals surface area (Å²) in [6.45, 7) is 3.63. The molecule has 19 heavy (non-hydrogen) atoms. The first-order chi connectivity index (χ1) is 9.06. The first kappa shape index (κ1) is 13.3. The number of amides is 1. The number of hydrogen-bond donors (Lipinski definition) is 0. The van der Waals surface area contributed by atoms with Crippen LogP contribution < -0.4 is 4.90 Å². The third kappa shape index (κ3) is 2.38. The fourth-order valence-electron chi connectivity index (χ4n) is 3.52. The lowest BCUT2D eigenvalue weighted by Gasteiger charge is -2.41. The summed E-state index contributed by atoms with van der Waals surface area (Å²) in [7, 11) is 1.94. The molecule has 0 N–H and O–H groups in total. The second-order valence-electron chi connectivity index (χ2n) is 5.46. The minimum atomic E-state index is 0.175. The van der Waals surface area contributed by atoms with Crippen LogP contribution in [-0.4, -0.2) is 47.2 Å². The van der Waals surface area contributed by atoms with Crippen molar-refractivity contribution in [3.63, 3.8) is 0 Å². The third-order valence-corrected chi connectivity index (χ3v) is 5.80. The molecule has 3 atom stereocenters. The molecule has 1 aliphatic heterocycles. The summed E-state index contributed by atoms with van der Waals surface area (Å²) >= 11 is 4.95. The van der Waals surface area contributed by atoms with Gasteiger partial charge in [0, 0.05) is 33.1 Å². The minimum absolute atomic E-state index is 0.175. The Morgan fingerprint density at radius 3 is 2.47 bits per heavy atom. The molecule has 5 nitrogen and oxygen atoms in total. The molecule has 0 spiro atoms. The molecule has 7 heteroatoms. The maximum absolute atomic E-state index is 11.6. The van der Waals surface area contributed by atoms with Crippen LogP contribution in [0.2, 0.25) is 0 Å². The Morgan fingerprint density at radius 2 is 2.00 bits per heavy atom. The van der Waals surface area contributed by atoms with Gasteiger partial charge in [0.1, 0.15) is 0 Å². The van der Waals surface area contributed by atoms with Gasteiger partial charge in [-0.05, 0) is 40.6 Å². The van der Waals surface area contributed by atoms with E-state index in [1.807, 2.05) is 11.9 Å². The van der Waals surface area contributed by atoms with Crippen LogP contribution in [0.15, 0.2) is 3.92 Å². The van der Waals surface area contributed by atoms with Gasteiger partial charge in [0.15, 0.2) is 3.92 Å². The molecule has 1 saturated carbocycles. The van der Waals surface area contributed by atoms with Crippen molar-refractivity contribution in [1.29, 1.82) is 0 Å². The normalized spacial score (nSPS) is 29.6. The van der Waals surface area contributed by atoms with Gasteiger partial charge in [-0.2, -0.15) is 0 Å². The Morgan fingerprint density at radius 1 is 1.37 bits per heavy atom. The topological polar surface area (TPSA) is 49.3 Å². The van der Waals surface area contributed by atoms with Crippen LogP contribution in [-0.2, 0) is 4.79 Å². The molecule has 2 bridgehead atoms. The standard InChI is InChI=1S/C12H17BrN4OS/c1-7(18)16(2)10-8-3-4-9(10)6-17(5-8)12-15-14-11(13)19-12/h8-10H,3-6H2,1-2H3/t8-,9+,10-. The van der Waals surface area contributed by atoms with E-state index in [0.29, 0.717) is 17.9 Å². The van der Waals surface area contributed by atoms with Crippen molar-refractivity contribution in [3.05, 3.63) is 3.92 Å². The molecule has 1 amide bonds. The van der Waals surface area contributed by atoms with Crippen LogP contribution in [0.4, 0.5) is 5.13 Å². The third-order valence-electron chi connectivity index (χ3n) is 4.39. The summed E-state index contributed by atoms with van der Waals surface area (Å²) in [6, 6.07) is 0.408. The van der Waals surface area contributed by atoms with E-state index in [9.17, 15) is 4.79 Å². The van der Waals surface area contributed by atoms with Crippen LogP contribution in [0.25, 0.3) is 0 Å². The maximum atomic E-state index is 11.6. The zero-order valence-corrected chi connectivity index (χ0v) is 13.4. The number of nitrogens with zero attached hydrogens (tertiary/aromatic N) is 4. The number of hydrogen-bond acceptors (Lipinski definition) is 5. The van der Waals surface area contributed by atoms with Gasteiger partial charge in [0.25, 0.3) is 0 Å². The Labute approximate surface area is 125 Å². The highest BCUT2D eigenvalue weighted by atomic mass is 79.9. The quantitative estimate of drug-likeness (QED) is 0.823. The molecule has 104 valence electrons. The molecule has 1 saturated heterocycles. The molecular weight excluding hydrogens is 328 g/mol. The summed E-state index contributed by atoms with van der Waals surface area (Å²) in [5.41, 5.74) is 0. The Balaban J connectivity index is 1.76. The molecule has 1 aromatic heterocycles. The van der Waals surface area contributed by atoms with Crippen LogP contribution in [0.1, 0.15) is 19.8 Å². The number of halogens is 1. The second-order valence-corrected chi connectivity index (χ2v) is 7.69. The maximum Gasteiger partial charge on any atom is 0.219 e. The second kappa shape index (κ2) is 5.01. The molecular formula is C12H17BrN4OS. The van der Waals surface area contributed by atoms with Gasteiger partial charge < -0.3 is 9.80 Å². The van der Waals surface area contributed by atoms with Crippen molar-refractivity contribution < 1.29 is 4.79 Å². The molecule has 0 aromatic carbocycles. The summed E-state index contributed by atoms with van der Waals surface area (Å²) in [5.74, 6) is 1.31. The van der Waals surface area contributed by atoms with Gasteiger partial charge in [-0.1, -0.05) is 11.3 Å². The number of anilines is 1. The Kier molecular flexibility index (Phi) is 3.51. The predicted octanol–water partition coefficient (Wildman–Crippen LogP) is 1.99. The highest BCUT2D eigenvalue weighted by Crippen LogP contribution is 2.41. The average Bonchev–Trinajstić information content (AvgIpc) is 2.90. The first-order valence-corrected chi connectivity index (χ1v) is 8.14. The van der Waals surface area contributed by atoms with Gasteiger partial charge in [-0.25, -0.2) is 0 Å². The fraction of sp³-hybridized carbons (Fsp3) is 0.750. The Bertz CT molecular complexity index is 480. The van der Waals surface area contributed by atoms with Crippen molar-refractivity contribution in [3.8, 4) is 0 Å².